The summed E-state index contributed by atoms with van der Waals surface area (Å²) in [6, 6.07) is 12.3. The number of para-hydroxylation sites is 1. The van der Waals surface area contributed by atoms with Crippen molar-refractivity contribution in [2.24, 2.45) is 0 Å². The Balaban J connectivity index is 2.44. The number of hydrogen-bond acceptors (Lipinski definition) is 3. The van der Waals surface area contributed by atoms with Gasteiger partial charge in [-0.3, -0.25) is 4.72 Å². The molecule has 1 N–H and O–H groups in total. The summed E-state index contributed by atoms with van der Waals surface area (Å²) in [5, 5.41) is 9.30. The van der Waals surface area contributed by atoms with Crippen molar-refractivity contribution >= 4 is 38.9 Å². The summed E-state index contributed by atoms with van der Waals surface area (Å²) in [7, 11) is -3.89. The number of nitrogens with zero attached hydrogens (tertiary/aromatic N) is 1. The smallest absolute Gasteiger partial charge is 0.263 e. The molecular weight excluding hydrogens is 319 g/mol. The van der Waals surface area contributed by atoms with Crippen molar-refractivity contribution in [3.05, 3.63) is 58.1 Å². The third kappa shape index (κ3) is 3.05. The fourth-order valence-corrected chi connectivity index (χ4v) is 3.42. The van der Waals surface area contributed by atoms with Gasteiger partial charge in [-0.15, -0.1) is 0 Å². The van der Waals surface area contributed by atoms with Gasteiger partial charge in [-0.1, -0.05) is 35.3 Å². The van der Waals surface area contributed by atoms with Gasteiger partial charge in [0.15, 0.2) is 0 Å². The largest absolute Gasteiger partial charge is 0.278 e. The van der Waals surface area contributed by atoms with Gasteiger partial charge in [-0.05, 0) is 30.3 Å². The summed E-state index contributed by atoms with van der Waals surface area (Å²) in [6.07, 6.45) is 0. The first-order valence-corrected chi connectivity index (χ1v) is 7.65. The van der Waals surface area contributed by atoms with Crippen molar-refractivity contribution in [2.45, 2.75) is 4.90 Å². The van der Waals surface area contributed by atoms with Crippen LogP contribution >= 0.6 is 23.2 Å². The van der Waals surface area contributed by atoms with Gasteiger partial charge in [0.05, 0.1) is 16.3 Å². The maximum atomic E-state index is 12.3. The number of rotatable bonds is 3. The Hall–Kier alpha value is -1.74. The van der Waals surface area contributed by atoms with Gasteiger partial charge in [0.25, 0.3) is 10.0 Å². The minimum absolute atomic E-state index is 0.0134. The van der Waals surface area contributed by atoms with E-state index in [-0.39, 0.29) is 21.2 Å². The molecule has 0 atom stereocenters. The summed E-state index contributed by atoms with van der Waals surface area (Å²) < 4.78 is 26.8. The maximum Gasteiger partial charge on any atom is 0.263 e. The molecule has 4 nitrogen and oxygen atoms in total. The van der Waals surface area contributed by atoms with Gasteiger partial charge < -0.3 is 0 Å². The van der Waals surface area contributed by atoms with Gasteiger partial charge in [-0.25, -0.2) is 8.42 Å². The van der Waals surface area contributed by atoms with Crippen molar-refractivity contribution in [3.8, 4) is 6.07 Å². The standard InChI is InChI=1S/C13H8Cl2N2O2S/c14-10-5-6-13(11(15)7-10)20(18,19)17-12-4-2-1-3-9(12)8-16/h1-7,17H. The van der Waals surface area contributed by atoms with Crippen LogP contribution in [0.3, 0.4) is 0 Å². The van der Waals surface area contributed by atoms with E-state index in [1.54, 1.807) is 12.1 Å². The van der Waals surface area contributed by atoms with Crippen LogP contribution in [0, 0.1) is 11.3 Å². The number of benzene rings is 2. The van der Waals surface area contributed by atoms with E-state index in [2.05, 4.69) is 4.72 Å². The Morgan fingerprint density at radius 2 is 1.80 bits per heavy atom. The molecule has 0 aromatic heterocycles. The zero-order chi connectivity index (χ0) is 14.8. The minimum atomic E-state index is -3.89. The van der Waals surface area contributed by atoms with Crippen LogP contribution < -0.4 is 4.72 Å². The van der Waals surface area contributed by atoms with Crippen LogP contribution in [0.5, 0.6) is 0 Å². The second-order valence-corrected chi connectivity index (χ2v) is 6.33. The molecule has 0 saturated heterocycles. The van der Waals surface area contributed by atoms with E-state index in [0.29, 0.717) is 5.02 Å². The van der Waals surface area contributed by atoms with Crippen LogP contribution in [0.1, 0.15) is 5.56 Å². The second kappa shape index (κ2) is 5.71. The Kier molecular flexibility index (Phi) is 4.19. The molecule has 2 aromatic carbocycles. The Morgan fingerprint density at radius 1 is 1.10 bits per heavy atom. The van der Waals surface area contributed by atoms with Crippen molar-refractivity contribution in [1.82, 2.24) is 0 Å². The Labute approximate surface area is 126 Å². The maximum absolute atomic E-state index is 12.3. The van der Waals surface area contributed by atoms with Gasteiger partial charge in [0, 0.05) is 5.02 Å². The molecule has 102 valence electrons. The highest BCUT2D eigenvalue weighted by atomic mass is 35.5. The highest BCUT2D eigenvalue weighted by Gasteiger charge is 2.19. The lowest BCUT2D eigenvalue weighted by atomic mass is 10.2. The predicted octanol–water partition coefficient (Wildman–Crippen LogP) is 3.67. The predicted molar refractivity (Wildman–Crippen MR) is 78.4 cm³/mol. The van der Waals surface area contributed by atoms with Crippen molar-refractivity contribution < 1.29 is 8.42 Å². The van der Waals surface area contributed by atoms with E-state index >= 15 is 0 Å². The molecule has 0 fully saturated rings. The average molecular weight is 327 g/mol. The zero-order valence-electron chi connectivity index (χ0n) is 9.97. The van der Waals surface area contributed by atoms with Crippen molar-refractivity contribution in [2.75, 3.05) is 4.72 Å². The molecule has 2 rings (SSSR count). The van der Waals surface area contributed by atoms with Gasteiger partial charge in [0.1, 0.15) is 11.0 Å². The van der Waals surface area contributed by atoms with Crippen LogP contribution in [-0.4, -0.2) is 8.42 Å². The molecular formula is C13H8Cl2N2O2S. The van der Waals surface area contributed by atoms with E-state index in [9.17, 15) is 8.42 Å². The molecule has 0 heterocycles. The lowest BCUT2D eigenvalue weighted by Gasteiger charge is -2.10. The normalized spacial score (nSPS) is 10.8. The third-order valence-electron chi connectivity index (χ3n) is 2.48. The molecule has 0 saturated carbocycles. The summed E-state index contributed by atoms with van der Waals surface area (Å²) >= 11 is 11.6. The quantitative estimate of drug-likeness (QED) is 0.935. The van der Waals surface area contributed by atoms with Gasteiger partial charge in [-0.2, -0.15) is 5.26 Å². The second-order valence-electron chi connectivity index (χ2n) is 3.84. The molecule has 0 bridgehead atoms. The Morgan fingerprint density at radius 3 is 2.45 bits per heavy atom. The molecule has 0 aliphatic carbocycles. The molecule has 0 radical (unpaired) electrons. The monoisotopic (exact) mass is 326 g/mol. The summed E-state index contributed by atoms with van der Waals surface area (Å²) in [5.74, 6) is 0. The van der Waals surface area contributed by atoms with Crippen LogP contribution in [0.2, 0.25) is 10.0 Å². The fourth-order valence-electron chi connectivity index (χ4n) is 1.56. The number of anilines is 1. The average Bonchev–Trinajstić information content (AvgIpc) is 2.38. The van der Waals surface area contributed by atoms with E-state index in [1.807, 2.05) is 6.07 Å². The first-order valence-electron chi connectivity index (χ1n) is 5.41. The lowest BCUT2D eigenvalue weighted by molar-refractivity contribution is 0.601. The van der Waals surface area contributed by atoms with Gasteiger partial charge >= 0.3 is 0 Å². The van der Waals surface area contributed by atoms with Crippen LogP contribution in [0.15, 0.2) is 47.4 Å². The fraction of sp³-hybridized carbons (Fsp3) is 0. The van der Waals surface area contributed by atoms with Crippen LogP contribution in [0.4, 0.5) is 5.69 Å². The Bertz CT molecular complexity index is 798. The van der Waals surface area contributed by atoms with Crippen molar-refractivity contribution in [3.63, 3.8) is 0 Å². The molecule has 0 spiro atoms. The lowest BCUT2D eigenvalue weighted by Crippen LogP contribution is -2.14. The highest BCUT2D eigenvalue weighted by Crippen LogP contribution is 2.27. The summed E-state index contributed by atoms with van der Waals surface area (Å²) in [5.41, 5.74) is 0.419. The zero-order valence-corrected chi connectivity index (χ0v) is 12.3. The topological polar surface area (TPSA) is 70.0 Å². The van der Waals surface area contributed by atoms with E-state index in [1.165, 1.54) is 30.3 Å². The van der Waals surface area contributed by atoms with Gasteiger partial charge in [0.2, 0.25) is 0 Å². The highest BCUT2D eigenvalue weighted by molar-refractivity contribution is 7.92. The first kappa shape index (κ1) is 14.7. The minimum Gasteiger partial charge on any atom is -0.278 e. The summed E-state index contributed by atoms with van der Waals surface area (Å²) in [4.78, 5) is -0.101. The number of halogens is 2. The van der Waals surface area contributed by atoms with E-state index in [0.717, 1.165) is 0 Å². The molecule has 0 aliphatic rings. The number of nitrogens with one attached hydrogen (secondary N) is 1. The molecule has 20 heavy (non-hydrogen) atoms. The number of hydrogen-bond donors (Lipinski definition) is 1. The molecule has 0 unspecified atom stereocenters. The van der Waals surface area contributed by atoms with Crippen LogP contribution in [-0.2, 0) is 10.0 Å². The number of nitriles is 1. The van der Waals surface area contributed by atoms with E-state index in [4.69, 9.17) is 28.5 Å². The molecule has 0 aliphatic heterocycles. The molecule has 7 heteroatoms. The SMILES string of the molecule is N#Cc1ccccc1NS(=O)(=O)c1ccc(Cl)cc1Cl. The molecule has 0 amide bonds. The molecule has 2 aromatic rings. The third-order valence-corrected chi connectivity index (χ3v) is 4.56. The first-order chi connectivity index (χ1) is 9.44. The summed E-state index contributed by atoms with van der Waals surface area (Å²) in [6.45, 7) is 0. The van der Waals surface area contributed by atoms with Crippen LogP contribution in [0.25, 0.3) is 0 Å². The number of sulfonamides is 1. The van der Waals surface area contributed by atoms with Crippen molar-refractivity contribution in [1.29, 1.82) is 5.26 Å². The van der Waals surface area contributed by atoms with E-state index < -0.39 is 10.0 Å².